The summed E-state index contributed by atoms with van der Waals surface area (Å²) in [6.07, 6.45) is 1.62. The van der Waals surface area contributed by atoms with Crippen LogP contribution in [-0.4, -0.2) is 47.7 Å². The number of thiocarbonyl (C=S) groups is 1. The number of nitrogens with zero attached hydrogens (tertiary/aromatic N) is 1. The van der Waals surface area contributed by atoms with Crippen molar-refractivity contribution in [2.45, 2.75) is 0 Å². The zero-order valence-corrected chi connectivity index (χ0v) is 22.0. The average molecular weight is 589 g/mol. The number of furan rings is 1. The van der Waals surface area contributed by atoms with Crippen molar-refractivity contribution in [3.8, 4) is 17.1 Å². The van der Waals surface area contributed by atoms with Gasteiger partial charge in [0, 0.05) is 22.7 Å². The standard InChI is InChI=1S/C25H21BrN2O6S2/c26-16-3-1-15(2-4-16)20-8-6-18(34-20)14-22-23(29)28(25(35)36-22)17-5-7-21(19(13-17)24(30)31)33-12-11-32-10-9-27/h1-8,13-14H,9-12,27H2,(H,30,31)/b22-14+. The summed E-state index contributed by atoms with van der Waals surface area (Å²) < 4.78 is 17.9. The predicted octanol–water partition coefficient (Wildman–Crippen LogP) is 5.17. The molecule has 3 aromatic rings. The maximum atomic E-state index is 13.2. The van der Waals surface area contributed by atoms with Gasteiger partial charge in [-0.05, 0) is 42.5 Å². The van der Waals surface area contributed by atoms with Gasteiger partial charge in [-0.1, -0.05) is 52.0 Å². The minimum absolute atomic E-state index is 0.0884. The van der Waals surface area contributed by atoms with E-state index in [1.54, 1.807) is 18.2 Å². The number of halogens is 1. The third kappa shape index (κ3) is 6.05. The summed E-state index contributed by atoms with van der Waals surface area (Å²) in [6.45, 7) is 1.21. The summed E-state index contributed by atoms with van der Waals surface area (Å²) in [7, 11) is 0. The number of aromatic carboxylic acids is 1. The van der Waals surface area contributed by atoms with Gasteiger partial charge in [0.1, 0.15) is 29.4 Å². The van der Waals surface area contributed by atoms with Crippen molar-refractivity contribution in [1.82, 2.24) is 0 Å². The first-order chi connectivity index (χ1) is 17.4. The molecule has 186 valence electrons. The van der Waals surface area contributed by atoms with Crippen molar-refractivity contribution in [2.75, 3.05) is 31.3 Å². The molecule has 36 heavy (non-hydrogen) atoms. The van der Waals surface area contributed by atoms with Gasteiger partial charge >= 0.3 is 5.97 Å². The van der Waals surface area contributed by atoms with E-state index in [-0.39, 0.29) is 34.8 Å². The summed E-state index contributed by atoms with van der Waals surface area (Å²) in [5.74, 6) is -0.224. The van der Waals surface area contributed by atoms with Crippen molar-refractivity contribution in [1.29, 1.82) is 0 Å². The van der Waals surface area contributed by atoms with Crippen molar-refractivity contribution >= 4 is 67.9 Å². The molecule has 0 spiro atoms. The number of hydrogen-bond donors (Lipinski definition) is 2. The van der Waals surface area contributed by atoms with Crippen molar-refractivity contribution < 1.29 is 28.6 Å². The lowest BCUT2D eigenvalue weighted by Gasteiger charge is -2.17. The highest BCUT2D eigenvalue weighted by atomic mass is 79.9. The van der Waals surface area contributed by atoms with Gasteiger partial charge in [-0.15, -0.1) is 0 Å². The second-order valence-corrected chi connectivity index (χ2v) is 10.1. The Hall–Kier alpha value is -2.96. The highest BCUT2D eigenvalue weighted by Gasteiger charge is 2.34. The lowest BCUT2D eigenvalue weighted by Crippen LogP contribution is -2.27. The van der Waals surface area contributed by atoms with E-state index >= 15 is 0 Å². The van der Waals surface area contributed by atoms with Gasteiger partial charge in [0.05, 0.1) is 23.8 Å². The largest absolute Gasteiger partial charge is 0.490 e. The minimum atomic E-state index is -1.19. The van der Waals surface area contributed by atoms with Crippen LogP contribution in [0.1, 0.15) is 16.1 Å². The molecule has 2 aromatic carbocycles. The van der Waals surface area contributed by atoms with Crippen LogP contribution >= 0.6 is 39.9 Å². The highest BCUT2D eigenvalue weighted by molar-refractivity contribution is 9.10. The van der Waals surface area contributed by atoms with E-state index in [0.717, 1.165) is 21.8 Å². The van der Waals surface area contributed by atoms with Gasteiger partial charge in [-0.2, -0.15) is 0 Å². The second-order valence-electron chi connectivity index (χ2n) is 7.46. The van der Waals surface area contributed by atoms with E-state index < -0.39 is 5.97 Å². The number of carbonyl (C=O) groups excluding carboxylic acids is 1. The topological polar surface area (TPSA) is 115 Å². The first-order valence-electron chi connectivity index (χ1n) is 10.8. The van der Waals surface area contributed by atoms with Gasteiger partial charge in [0.25, 0.3) is 5.91 Å². The molecule has 1 aliphatic rings. The molecule has 1 amide bonds. The Bertz CT molecular complexity index is 1320. The number of nitrogens with two attached hydrogens (primary N) is 1. The van der Waals surface area contributed by atoms with Crippen molar-refractivity contribution in [3.05, 3.63) is 75.3 Å². The predicted molar refractivity (Wildman–Crippen MR) is 146 cm³/mol. The number of carbonyl (C=O) groups is 2. The summed E-state index contributed by atoms with van der Waals surface area (Å²) in [4.78, 5) is 26.7. The Morgan fingerprint density at radius 2 is 1.92 bits per heavy atom. The van der Waals surface area contributed by atoms with E-state index in [2.05, 4.69) is 15.9 Å². The fourth-order valence-electron chi connectivity index (χ4n) is 3.37. The molecule has 11 heteroatoms. The molecule has 3 N–H and O–H groups in total. The molecule has 0 radical (unpaired) electrons. The van der Waals surface area contributed by atoms with Crippen molar-refractivity contribution in [3.63, 3.8) is 0 Å². The summed E-state index contributed by atoms with van der Waals surface area (Å²) >= 11 is 9.95. The van der Waals surface area contributed by atoms with E-state index in [4.69, 9.17) is 31.8 Å². The summed E-state index contributed by atoms with van der Waals surface area (Å²) in [5, 5.41) is 9.67. The van der Waals surface area contributed by atoms with Crippen LogP contribution < -0.4 is 15.4 Å². The molecule has 0 aliphatic carbocycles. The highest BCUT2D eigenvalue weighted by Crippen LogP contribution is 2.38. The van der Waals surface area contributed by atoms with Crippen LogP contribution in [0.25, 0.3) is 17.4 Å². The Morgan fingerprint density at radius 3 is 2.64 bits per heavy atom. The zero-order valence-electron chi connectivity index (χ0n) is 18.8. The molecular weight excluding hydrogens is 568 g/mol. The Labute approximate surface area is 225 Å². The van der Waals surface area contributed by atoms with Crippen LogP contribution in [0.3, 0.4) is 0 Å². The number of amides is 1. The van der Waals surface area contributed by atoms with E-state index in [1.165, 1.54) is 17.0 Å². The van der Waals surface area contributed by atoms with Crippen LogP contribution in [0.4, 0.5) is 5.69 Å². The fourth-order valence-corrected chi connectivity index (χ4v) is 4.91. The van der Waals surface area contributed by atoms with Crippen LogP contribution in [0.2, 0.25) is 0 Å². The van der Waals surface area contributed by atoms with Crippen LogP contribution in [-0.2, 0) is 9.53 Å². The van der Waals surface area contributed by atoms with Gasteiger partial charge in [0.2, 0.25) is 0 Å². The molecule has 2 heterocycles. The average Bonchev–Trinajstić information content (AvgIpc) is 3.43. The fraction of sp³-hybridized carbons (Fsp3) is 0.160. The Balaban J connectivity index is 1.52. The molecule has 1 aromatic heterocycles. The number of benzene rings is 2. The molecule has 0 unspecified atom stereocenters. The summed E-state index contributed by atoms with van der Waals surface area (Å²) in [6, 6.07) is 15.7. The van der Waals surface area contributed by atoms with Crippen molar-refractivity contribution in [2.24, 2.45) is 5.73 Å². The molecule has 1 saturated heterocycles. The Kier molecular flexibility index (Phi) is 8.60. The minimum Gasteiger partial charge on any atom is -0.490 e. The maximum Gasteiger partial charge on any atom is 0.339 e. The monoisotopic (exact) mass is 588 g/mol. The van der Waals surface area contributed by atoms with Gasteiger partial charge in [0.15, 0.2) is 4.32 Å². The first kappa shape index (κ1) is 26.1. The zero-order chi connectivity index (χ0) is 25.7. The lowest BCUT2D eigenvalue weighted by molar-refractivity contribution is -0.113. The smallest absolute Gasteiger partial charge is 0.339 e. The maximum absolute atomic E-state index is 13.2. The molecule has 0 bridgehead atoms. The van der Waals surface area contributed by atoms with Gasteiger partial charge < -0.3 is 24.7 Å². The number of anilines is 1. The third-order valence-corrected chi connectivity index (χ3v) is 6.85. The number of thioether (sulfide) groups is 1. The number of ether oxygens (including phenoxy) is 2. The summed E-state index contributed by atoms with van der Waals surface area (Å²) in [5.41, 5.74) is 6.52. The molecule has 0 saturated carbocycles. The van der Waals surface area contributed by atoms with E-state index in [9.17, 15) is 14.7 Å². The van der Waals surface area contributed by atoms with Crippen LogP contribution in [0.5, 0.6) is 5.75 Å². The van der Waals surface area contributed by atoms with Crippen LogP contribution in [0, 0.1) is 0 Å². The van der Waals surface area contributed by atoms with Gasteiger partial charge in [-0.3, -0.25) is 9.69 Å². The molecule has 1 aliphatic heterocycles. The number of carboxylic acids is 1. The normalized spacial score (nSPS) is 14.6. The molecule has 8 nitrogen and oxygen atoms in total. The lowest BCUT2D eigenvalue weighted by atomic mass is 10.1. The van der Waals surface area contributed by atoms with E-state index in [0.29, 0.717) is 35.3 Å². The quantitative estimate of drug-likeness (QED) is 0.188. The Morgan fingerprint density at radius 1 is 1.14 bits per heavy atom. The van der Waals surface area contributed by atoms with Crippen LogP contribution in [0.15, 0.2) is 68.4 Å². The van der Waals surface area contributed by atoms with E-state index in [1.807, 2.05) is 30.3 Å². The molecule has 0 atom stereocenters. The number of hydrogen-bond acceptors (Lipinski definition) is 8. The number of carboxylic acid groups (broad SMARTS) is 1. The molecular formula is C25H21BrN2O6S2. The van der Waals surface area contributed by atoms with Gasteiger partial charge in [-0.25, -0.2) is 4.79 Å². The molecule has 1 fully saturated rings. The molecule has 4 rings (SSSR count). The SMILES string of the molecule is NCCOCCOc1ccc(N2C(=O)/C(=C\c3ccc(-c4ccc(Br)cc4)o3)SC2=S)cc1C(=O)O. The number of rotatable bonds is 10. The second kappa shape index (κ2) is 11.8. The third-order valence-electron chi connectivity index (χ3n) is 5.02. The first-order valence-corrected chi connectivity index (χ1v) is 12.8.